The molecule has 0 radical (unpaired) electrons. The van der Waals surface area contributed by atoms with Gasteiger partial charge in [0.1, 0.15) is 6.29 Å². The second-order valence-corrected chi connectivity index (χ2v) is 3.68. The predicted octanol–water partition coefficient (Wildman–Crippen LogP) is 3.23. The van der Waals surface area contributed by atoms with E-state index in [4.69, 9.17) is 0 Å². The van der Waals surface area contributed by atoms with Gasteiger partial charge >= 0.3 is 0 Å². The summed E-state index contributed by atoms with van der Waals surface area (Å²) in [7, 11) is 0. The molecular formula is C13H18O. The maximum absolute atomic E-state index is 10.6. The van der Waals surface area contributed by atoms with E-state index in [0.29, 0.717) is 0 Å². The molecule has 0 aliphatic heterocycles. The first-order valence-corrected chi connectivity index (χ1v) is 5.36. The van der Waals surface area contributed by atoms with Gasteiger partial charge in [-0.15, -0.1) is 0 Å². The quantitative estimate of drug-likeness (QED) is 0.629. The van der Waals surface area contributed by atoms with Crippen LogP contribution in [0.15, 0.2) is 30.3 Å². The molecule has 1 nitrogen and oxygen atoms in total. The van der Waals surface area contributed by atoms with Crippen molar-refractivity contribution in [1.29, 1.82) is 0 Å². The average molecular weight is 190 g/mol. The van der Waals surface area contributed by atoms with Gasteiger partial charge < -0.3 is 4.79 Å². The summed E-state index contributed by atoms with van der Waals surface area (Å²) >= 11 is 0. The lowest BCUT2D eigenvalue weighted by molar-refractivity contribution is -0.111. The molecule has 0 fully saturated rings. The predicted molar refractivity (Wildman–Crippen MR) is 59.2 cm³/mol. The average Bonchev–Trinajstić information content (AvgIpc) is 2.26. The lowest BCUT2D eigenvalue weighted by atomic mass is 9.99. The third-order valence-electron chi connectivity index (χ3n) is 2.60. The van der Waals surface area contributed by atoms with Crippen molar-refractivity contribution in [3.05, 3.63) is 35.9 Å². The van der Waals surface area contributed by atoms with Gasteiger partial charge in [-0.3, -0.25) is 0 Å². The SMILES string of the molecule is CCC(C=O)CCCc1ccccc1. The summed E-state index contributed by atoms with van der Waals surface area (Å²) in [5.41, 5.74) is 1.37. The molecule has 0 spiro atoms. The molecule has 14 heavy (non-hydrogen) atoms. The largest absolute Gasteiger partial charge is 0.303 e. The number of hydrogen-bond donors (Lipinski definition) is 0. The fraction of sp³-hybridized carbons (Fsp3) is 0.462. The highest BCUT2D eigenvalue weighted by Crippen LogP contribution is 2.11. The molecule has 0 aliphatic carbocycles. The van der Waals surface area contributed by atoms with Crippen molar-refractivity contribution in [3.8, 4) is 0 Å². The first-order chi connectivity index (χ1) is 6.86. The second-order valence-electron chi connectivity index (χ2n) is 3.68. The Hall–Kier alpha value is -1.11. The number of benzene rings is 1. The van der Waals surface area contributed by atoms with Gasteiger partial charge in [-0.05, 0) is 31.2 Å². The van der Waals surface area contributed by atoms with Gasteiger partial charge in [0.15, 0.2) is 0 Å². The molecule has 1 aromatic rings. The van der Waals surface area contributed by atoms with Gasteiger partial charge in [0.25, 0.3) is 0 Å². The number of carbonyl (C=O) groups is 1. The van der Waals surface area contributed by atoms with E-state index in [9.17, 15) is 4.79 Å². The Morgan fingerprint density at radius 2 is 2.00 bits per heavy atom. The summed E-state index contributed by atoms with van der Waals surface area (Å²) in [6.45, 7) is 2.07. The van der Waals surface area contributed by atoms with Crippen molar-refractivity contribution in [3.63, 3.8) is 0 Å². The van der Waals surface area contributed by atoms with Crippen molar-refractivity contribution in [2.75, 3.05) is 0 Å². The van der Waals surface area contributed by atoms with Gasteiger partial charge in [-0.25, -0.2) is 0 Å². The van der Waals surface area contributed by atoms with E-state index in [1.54, 1.807) is 0 Å². The second kappa shape index (κ2) is 6.36. The molecule has 0 aliphatic rings. The third kappa shape index (κ3) is 3.73. The molecule has 0 heterocycles. The van der Waals surface area contributed by atoms with E-state index < -0.39 is 0 Å². The van der Waals surface area contributed by atoms with Crippen LogP contribution < -0.4 is 0 Å². The van der Waals surface area contributed by atoms with Crippen LogP contribution in [0.2, 0.25) is 0 Å². The zero-order valence-electron chi connectivity index (χ0n) is 8.78. The van der Waals surface area contributed by atoms with E-state index in [-0.39, 0.29) is 5.92 Å². The molecule has 1 atom stereocenters. The van der Waals surface area contributed by atoms with Gasteiger partial charge in [-0.1, -0.05) is 37.3 Å². The molecule has 1 heteroatoms. The summed E-state index contributed by atoms with van der Waals surface area (Å²) in [5.74, 6) is 0.263. The highest BCUT2D eigenvalue weighted by atomic mass is 16.1. The van der Waals surface area contributed by atoms with Gasteiger partial charge in [0, 0.05) is 5.92 Å². The molecular weight excluding hydrogens is 172 g/mol. The lowest BCUT2D eigenvalue weighted by Gasteiger charge is -2.06. The third-order valence-corrected chi connectivity index (χ3v) is 2.60. The number of aldehydes is 1. The monoisotopic (exact) mass is 190 g/mol. The smallest absolute Gasteiger partial charge is 0.123 e. The van der Waals surface area contributed by atoms with E-state index >= 15 is 0 Å². The minimum atomic E-state index is 0.263. The van der Waals surface area contributed by atoms with Crippen molar-refractivity contribution in [2.45, 2.75) is 32.6 Å². The molecule has 1 rings (SSSR count). The van der Waals surface area contributed by atoms with Gasteiger partial charge in [0.05, 0.1) is 0 Å². The van der Waals surface area contributed by atoms with Crippen molar-refractivity contribution < 1.29 is 4.79 Å². The van der Waals surface area contributed by atoms with Crippen LogP contribution in [0, 0.1) is 5.92 Å². The number of hydrogen-bond acceptors (Lipinski definition) is 1. The van der Waals surface area contributed by atoms with Crippen LogP contribution in [0.1, 0.15) is 31.7 Å². The summed E-state index contributed by atoms with van der Waals surface area (Å²) in [5, 5.41) is 0. The zero-order valence-corrected chi connectivity index (χ0v) is 8.78. The molecule has 0 saturated carbocycles. The standard InChI is InChI=1S/C13H18O/c1-2-12(11-14)9-6-10-13-7-4-3-5-8-13/h3-5,7-8,11-12H,2,6,9-10H2,1H3. The van der Waals surface area contributed by atoms with Crippen molar-refractivity contribution >= 4 is 6.29 Å². The highest BCUT2D eigenvalue weighted by molar-refractivity contribution is 5.53. The molecule has 0 amide bonds. The van der Waals surface area contributed by atoms with E-state index in [0.717, 1.165) is 32.0 Å². The van der Waals surface area contributed by atoms with E-state index in [2.05, 4.69) is 31.2 Å². The molecule has 0 N–H and O–H groups in total. The van der Waals surface area contributed by atoms with E-state index in [1.807, 2.05) is 6.07 Å². The number of aryl methyl sites for hydroxylation is 1. The maximum Gasteiger partial charge on any atom is 0.123 e. The van der Waals surface area contributed by atoms with Crippen LogP contribution in [0.3, 0.4) is 0 Å². The summed E-state index contributed by atoms with van der Waals surface area (Å²) in [4.78, 5) is 10.6. The first-order valence-electron chi connectivity index (χ1n) is 5.36. The molecule has 76 valence electrons. The Morgan fingerprint density at radius 1 is 1.29 bits per heavy atom. The van der Waals surface area contributed by atoms with Crippen LogP contribution >= 0.6 is 0 Å². The summed E-state index contributed by atoms with van der Waals surface area (Å²) in [6, 6.07) is 10.4. The fourth-order valence-corrected chi connectivity index (χ4v) is 1.58. The molecule has 1 unspecified atom stereocenters. The van der Waals surface area contributed by atoms with Crippen molar-refractivity contribution in [2.24, 2.45) is 5.92 Å². The van der Waals surface area contributed by atoms with Gasteiger partial charge in [-0.2, -0.15) is 0 Å². The summed E-state index contributed by atoms with van der Waals surface area (Å²) < 4.78 is 0. The molecule has 0 bridgehead atoms. The van der Waals surface area contributed by atoms with Crippen LogP contribution in [0.25, 0.3) is 0 Å². The Labute approximate surface area is 86.1 Å². The number of rotatable bonds is 6. The normalized spacial score (nSPS) is 12.4. The number of carbonyl (C=O) groups excluding carboxylic acids is 1. The van der Waals surface area contributed by atoms with Crippen LogP contribution in [0.4, 0.5) is 0 Å². The Bertz CT molecular complexity index is 253. The zero-order chi connectivity index (χ0) is 10.2. The topological polar surface area (TPSA) is 17.1 Å². The molecule has 0 aromatic heterocycles. The molecule has 1 aromatic carbocycles. The highest BCUT2D eigenvalue weighted by Gasteiger charge is 2.03. The van der Waals surface area contributed by atoms with Crippen molar-refractivity contribution in [1.82, 2.24) is 0 Å². The van der Waals surface area contributed by atoms with E-state index in [1.165, 1.54) is 5.56 Å². The lowest BCUT2D eigenvalue weighted by Crippen LogP contribution is -2.00. The Morgan fingerprint density at radius 3 is 2.57 bits per heavy atom. The van der Waals surface area contributed by atoms with Crippen LogP contribution in [-0.2, 0) is 11.2 Å². The summed E-state index contributed by atoms with van der Waals surface area (Å²) in [6.07, 6.45) is 5.28. The fourth-order valence-electron chi connectivity index (χ4n) is 1.58. The van der Waals surface area contributed by atoms with Crippen LogP contribution in [-0.4, -0.2) is 6.29 Å². The minimum Gasteiger partial charge on any atom is -0.303 e. The first kappa shape index (κ1) is 11.0. The molecule has 0 saturated heterocycles. The van der Waals surface area contributed by atoms with Gasteiger partial charge in [0.2, 0.25) is 0 Å². The Balaban J connectivity index is 2.25. The van der Waals surface area contributed by atoms with Crippen LogP contribution in [0.5, 0.6) is 0 Å². The Kier molecular flexibility index (Phi) is 4.98. The maximum atomic E-state index is 10.6. The minimum absolute atomic E-state index is 0.263.